The van der Waals surface area contributed by atoms with Gasteiger partial charge >= 0.3 is 0 Å². The van der Waals surface area contributed by atoms with Gasteiger partial charge in [0.2, 0.25) is 0 Å². The Kier molecular flexibility index (Phi) is 6.14. The van der Waals surface area contributed by atoms with Crippen molar-refractivity contribution < 1.29 is 9.47 Å². The fourth-order valence-corrected chi connectivity index (χ4v) is 2.80. The van der Waals surface area contributed by atoms with Crippen LogP contribution < -0.4 is 10.1 Å². The molecule has 0 amide bonds. The zero-order valence-corrected chi connectivity index (χ0v) is 13.0. The molecule has 0 aliphatic carbocycles. The van der Waals surface area contributed by atoms with E-state index in [0.29, 0.717) is 12.7 Å². The van der Waals surface area contributed by atoms with Gasteiger partial charge in [0, 0.05) is 25.1 Å². The van der Waals surface area contributed by atoms with E-state index >= 15 is 0 Å². The van der Waals surface area contributed by atoms with Crippen molar-refractivity contribution >= 4 is 15.9 Å². The van der Waals surface area contributed by atoms with Gasteiger partial charge in [-0.05, 0) is 41.4 Å². The van der Waals surface area contributed by atoms with Crippen LogP contribution in [0.3, 0.4) is 0 Å². The molecule has 106 valence electrons. The molecule has 1 aromatic carbocycles. The van der Waals surface area contributed by atoms with Crippen molar-refractivity contribution in [2.45, 2.75) is 38.8 Å². The summed E-state index contributed by atoms with van der Waals surface area (Å²) in [4.78, 5) is 0. The minimum absolute atomic E-state index is 0.389. The Labute approximate surface area is 123 Å². The van der Waals surface area contributed by atoms with Crippen LogP contribution in [0.25, 0.3) is 0 Å². The molecule has 1 unspecified atom stereocenters. The average molecular weight is 328 g/mol. The molecule has 1 atom stereocenters. The molecular formula is C15H22BrNO2. The monoisotopic (exact) mass is 327 g/mol. The second kappa shape index (κ2) is 7.88. The molecule has 0 bridgehead atoms. The van der Waals surface area contributed by atoms with Gasteiger partial charge in [0.05, 0.1) is 17.2 Å². The summed E-state index contributed by atoms with van der Waals surface area (Å²) >= 11 is 3.57. The van der Waals surface area contributed by atoms with Crippen LogP contribution in [0, 0.1) is 0 Å². The van der Waals surface area contributed by atoms with E-state index in [4.69, 9.17) is 9.47 Å². The van der Waals surface area contributed by atoms with Crippen LogP contribution in [0.1, 0.15) is 31.7 Å². The number of benzene rings is 1. The van der Waals surface area contributed by atoms with Crippen LogP contribution >= 0.6 is 15.9 Å². The lowest BCUT2D eigenvalue weighted by Crippen LogP contribution is -2.15. The van der Waals surface area contributed by atoms with Crippen LogP contribution in [0.15, 0.2) is 22.7 Å². The summed E-state index contributed by atoms with van der Waals surface area (Å²) in [6.45, 7) is 5.53. The molecule has 4 heteroatoms. The van der Waals surface area contributed by atoms with Gasteiger partial charge in [0.15, 0.2) is 0 Å². The minimum atomic E-state index is 0.389. The summed E-state index contributed by atoms with van der Waals surface area (Å²) in [6.07, 6.45) is 3.72. The first-order valence-electron chi connectivity index (χ1n) is 7.03. The van der Waals surface area contributed by atoms with Crippen molar-refractivity contribution in [1.82, 2.24) is 5.32 Å². The largest absolute Gasteiger partial charge is 0.492 e. The molecule has 1 N–H and O–H groups in total. The number of ether oxygens (including phenoxy) is 2. The summed E-state index contributed by atoms with van der Waals surface area (Å²) in [5.74, 6) is 0.960. The SMILES string of the molecule is CCNCc1cccc(Br)c1OCCC1CCCO1. The molecule has 1 fully saturated rings. The van der Waals surface area contributed by atoms with Crippen LogP contribution in [0.4, 0.5) is 0 Å². The minimum Gasteiger partial charge on any atom is -0.492 e. The van der Waals surface area contributed by atoms with Crippen LogP contribution in [0.2, 0.25) is 0 Å². The van der Waals surface area contributed by atoms with Crippen molar-refractivity contribution in [3.8, 4) is 5.75 Å². The molecule has 1 saturated heterocycles. The van der Waals surface area contributed by atoms with E-state index in [1.54, 1.807) is 0 Å². The van der Waals surface area contributed by atoms with Crippen molar-refractivity contribution in [2.75, 3.05) is 19.8 Å². The number of hydrogen-bond acceptors (Lipinski definition) is 3. The third-order valence-electron chi connectivity index (χ3n) is 3.32. The normalized spacial score (nSPS) is 18.7. The fraction of sp³-hybridized carbons (Fsp3) is 0.600. The Morgan fingerprint density at radius 1 is 1.47 bits per heavy atom. The van der Waals surface area contributed by atoms with Crippen molar-refractivity contribution in [3.05, 3.63) is 28.2 Å². The third-order valence-corrected chi connectivity index (χ3v) is 3.95. The van der Waals surface area contributed by atoms with Crippen LogP contribution in [-0.4, -0.2) is 25.9 Å². The number of para-hydroxylation sites is 1. The van der Waals surface area contributed by atoms with Gasteiger partial charge in [-0.15, -0.1) is 0 Å². The summed E-state index contributed by atoms with van der Waals surface area (Å²) in [5, 5.41) is 3.34. The standard InChI is InChI=1S/C15H22BrNO2/c1-2-17-11-12-5-3-7-14(16)15(12)19-10-8-13-6-4-9-18-13/h3,5,7,13,17H,2,4,6,8-11H2,1H3. The van der Waals surface area contributed by atoms with E-state index in [1.165, 1.54) is 18.4 Å². The number of halogens is 1. The molecule has 0 spiro atoms. The van der Waals surface area contributed by atoms with E-state index in [0.717, 1.165) is 36.3 Å². The molecular weight excluding hydrogens is 306 g/mol. The molecule has 2 rings (SSSR count). The maximum absolute atomic E-state index is 5.96. The second-order valence-corrected chi connectivity index (χ2v) is 5.63. The molecule has 0 radical (unpaired) electrons. The van der Waals surface area contributed by atoms with Crippen LogP contribution in [0.5, 0.6) is 5.75 Å². The molecule has 1 aliphatic heterocycles. The second-order valence-electron chi connectivity index (χ2n) is 4.78. The zero-order valence-electron chi connectivity index (χ0n) is 11.5. The smallest absolute Gasteiger partial charge is 0.137 e. The Bertz CT molecular complexity index is 392. The highest BCUT2D eigenvalue weighted by Crippen LogP contribution is 2.29. The first kappa shape index (κ1) is 14.8. The number of nitrogens with one attached hydrogen (secondary N) is 1. The maximum atomic E-state index is 5.96. The van der Waals surface area contributed by atoms with Gasteiger partial charge in [0.1, 0.15) is 5.75 Å². The lowest BCUT2D eigenvalue weighted by atomic mass is 10.2. The van der Waals surface area contributed by atoms with Gasteiger partial charge in [-0.3, -0.25) is 0 Å². The van der Waals surface area contributed by atoms with E-state index in [-0.39, 0.29) is 0 Å². The average Bonchev–Trinajstić information content (AvgIpc) is 2.92. The highest BCUT2D eigenvalue weighted by atomic mass is 79.9. The molecule has 0 saturated carbocycles. The first-order chi connectivity index (χ1) is 9.31. The molecule has 1 aliphatic rings. The van der Waals surface area contributed by atoms with E-state index < -0.39 is 0 Å². The van der Waals surface area contributed by atoms with Crippen LogP contribution in [-0.2, 0) is 11.3 Å². The Morgan fingerprint density at radius 2 is 2.37 bits per heavy atom. The lowest BCUT2D eigenvalue weighted by molar-refractivity contribution is 0.0901. The Hall–Kier alpha value is -0.580. The van der Waals surface area contributed by atoms with Crippen molar-refractivity contribution in [3.63, 3.8) is 0 Å². The van der Waals surface area contributed by atoms with E-state index in [1.807, 2.05) is 12.1 Å². The highest BCUT2D eigenvalue weighted by Gasteiger charge is 2.16. The topological polar surface area (TPSA) is 30.5 Å². The van der Waals surface area contributed by atoms with Crippen molar-refractivity contribution in [2.24, 2.45) is 0 Å². The predicted molar refractivity (Wildman–Crippen MR) is 80.6 cm³/mol. The van der Waals surface area contributed by atoms with Gasteiger partial charge in [-0.1, -0.05) is 19.1 Å². The first-order valence-corrected chi connectivity index (χ1v) is 7.83. The zero-order chi connectivity index (χ0) is 13.5. The number of rotatable bonds is 7. The van der Waals surface area contributed by atoms with E-state index in [2.05, 4.69) is 34.2 Å². The fourth-order valence-electron chi connectivity index (χ4n) is 2.28. The van der Waals surface area contributed by atoms with Gasteiger partial charge in [0.25, 0.3) is 0 Å². The van der Waals surface area contributed by atoms with Gasteiger partial charge in [-0.2, -0.15) is 0 Å². The summed E-state index contributed by atoms with van der Waals surface area (Å²) in [5.41, 5.74) is 1.20. The molecule has 3 nitrogen and oxygen atoms in total. The molecule has 0 aromatic heterocycles. The Balaban J connectivity index is 1.89. The number of hydrogen-bond donors (Lipinski definition) is 1. The Morgan fingerprint density at radius 3 is 3.11 bits per heavy atom. The summed E-state index contributed by atoms with van der Waals surface area (Å²) < 4.78 is 12.6. The molecule has 19 heavy (non-hydrogen) atoms. The maximum Gasteiger partial charge on any atom is 0.137 e. The van der Waals surface area contributed by atoms with Gasteiger partial charge < -0.3 is 14.8 Å². The highest BCUT2D eigenvalue weighted by molar-refractivity contribution is 9.10. The van der Waals surface area contributed by atoms with E-state index in [9.17, 15) is 0 Å². The lowest BCUT2D eigenvalue weighted by Gasteiger charge is -2.15. The van der Waals surface area contributed by atoms with Crippen molar-refractivity contribution in [1.29, 1.82) is 0 Å². The third kappa shape index (κ3) is 4.48. The predicted octanol–water partition coefficient (Wildman–Crippen LogP) is 3.51. The summed E-state index contributed by atoms with van der Waals surface area (Å²) in [7, 11) is 0. The van der Waals surface area contributed by atoms with Gasteiger partial charge in [-0.25, -0.2) is 0 Å². The molecule has 1 aromatic rings. The summed E-state index contributed by atoms with van der Waals surface area (Å²) in [6, 6.07) is 6.18. The quantitative estimate of drug-likeness (QED) is 0.831. The molecule has 1 heterocycles.